The molecule has 1 saturated heterocycles. The van der Waals surface area contributed by atoms with Crippen LogP contribution in [0.4, 0.5) is 0 Å². The molecule has 0 bridgehead atoms. The molecule has 1 aliphatic heterocycles. The molecule has 1 amide bonds. The molecule has 0 saturated carbocycles. The van der Waals surface area contributed by atoms with Crippen molar-refractivity contribution >= 4 is 29.9 Å². The van der Waals surface area contributed by atoms with Crippen molar-refractivity contribution in [1.82, 2.24) is 10.2 Å². The first-order valence-corrected chi connectivity index (χ1v) is 6.33. The number of carbonyl (C=O) groups is 1. The van der Waals surface area contributed by atoms with Gasteiger partial charge in [0.2, 0.25) is 5.91 Å². The molecule has 18 heavy (non-hydrogen) atoms. The van der Waals surface area contributed by atoms with E-state index in [-0.39, 0.29) is 24.2 Å². The second-order valence-corrected chi connectivity index (χ2v) is 4.71. The first-order chi connectivity index (χ1) is 8.22. The number of carbonyl (C=O) groups excluding carboxylic acids is 1. The minimum absolute atomic E-state index is 0. The van der Waals surface area contributed by atoms with Gasteiger partial charge in [0.15, 0.2) is 0 Å². The number of amides is 1. The van der Waals surface area contributed by atoms with Crippen LogP contribution >= 0.6 is 24.0 Å². The first-order valence-electron chi connectivity index (χ1n) is 5.95. The third kappa shape index (κ3) is 3.37. The minimum Gasteiger partial charge on any atom is -0.338 e. The Balaban J connectivity index is 0.00000162. The zero-order valence-electron chi connectivity index (χ0n) is 10.4. The lowest BCUT2D eigenvalue weighted by atomic mass is 10.0. The number of hydrogen-bond donors (Lipinski definition) is 1. The molecule has 0 atom stereocenters. The fourth-order valence-corrected chi connectivity index (χ4v) is 2.09. The summed E-state index contributed by atoms with van der Waals surface area (Å²) in [4.78, 5) is 14.0. The van der Waals surface area contributed by atoms with Gasteiger partial charge in [0.05, 0.1) is 5.92 Å². The number of benzene rings is 1. The predicted molar refractivity (Wildman–Crippen MR) is 76.2 cm³/mol. The molecule has 5 heteroatoms. The summed E-state index contributed by atoms with van der Waals surface area (Å²) in [6, 6.07) is 7.68. The molecule has 1 N–H and O–H groups in total. The molecule has 3 nitrogen and oxygen atoms in total. The predicted octanol–water partition coefficient (Wildman–Crippen LogP) is 2.33. The molecular weight excluding hydrogens is 271 g/mol. The van der Waals surface area contributed by atoms with E-state index in [1.807, 2.05) is 36.1 Å². The van der Waals surface area contributed by atoms with E-state index >= 15 is 0 Å². The quantitative estimate of drug-likeness (QED) is 0.922. The van der Waals surface area contributed by atoms with Gasteiger partial charge in [-0.1, -0.05) is 29.8 Å². The first kappa shape index (κ1) is 15.3. The van der Waals surface area contributed by atoms with Crippen LogP contribution in [0.15, 0.2) is 24.3 Å². The highest BCUT2D eigenvalue weighted by atomic mass is 35.5. The van der Waals surface area contributed by atoms with E-state index in [4.69, 9.17) is 11.6 Å². The van der Waals surface area contributed by atoms with Crippen LogP contribution in [-0.2, 0) is 11.3 Å². The largest absolute Gasteiger partial charge is 0.338 e. The Morgan fingerprint density at radius 2 is 2.11 bits per heavy atom. The summed E-state index contributed by atoms with van der Waals surface area (Å²) in [7, 11) is 0. The zero-order chi connectivity index (χ0) is 12.3. The summed E-state index contributed by atoms with van der Waals surface area (Å²) in [5, 5.41) is 3.85. The third-order valence-electron chi connectivity index (χ3n) is 3.14. The third-order valence-corrected chi connectivity index (χ3v) is 3.51. The maximum atomic E-state index is 12.1. The zero-order valence-corrected chi connectivity index (χ0v) is 11.9. The van der Waals surface area contributed by atoms with Gasteiger partial charge in [-0.15, -0.1) is 12.4 Å². The van der Waals surface area contributed by atoms with E-state index in [1.54, 1.807) is 0 Å². The number of halogens is 2. The van der Waals surface area contributed by atoms with Crippen LogP contribution in [0.2, 0.25) is 5.02 Å². The van der Waals surface area contributed by atoms with E-state index < -0.39 is 0 Å². The Kier molecular flexibility index (Phi) is 5.93. The number of rotatable bonds is 4. The maximum absolute atomic E-state index is 12.1. The van der Waals surface area contributed by atoms with Gasteiger partial charge in [-0.3, -0.25) is 4.79 Å². The number of nitrogens with one attached hydrogen (secondary N) is 1. The van der Waals surface area contributed by atoms with Crippen LogP contribution < -0.4 is 5.32 Å². The van der Waals surface area contributed by atoms with Crippen LogP contribution in [0.25, 0.3) is 0 Å². The molecule has 100 valence electrons. The van der Waals surface area contributed by atoms with Crippen molar-refractivity contribution in [2.45, 2.75) is 13.5 Å². The van der Waals surface area contributed by atoms with Gasteiger partial charge in [-0.25, -0.2) is 0 Å². The number of nitrogens with zero attached hydrogens (tertiary/aromatic N) is 1. The van der Waals surface area contributed by atoms with Gasteiger partial charge in [0.25, 0.3) is 0 Å². The molecule has 2 rings (SSSR count). The van der Waals surface area contributed by atoms with Crippen molar-refractivity contribution in [3.63, 3.8) is 0 Å². The topological polar surface area (TPSA) is 32.3 Å². The van der Waals surface area contributed by atoms with E-state index in [1.165, 1.54) is 0 Å². The Bertz CT molecular complexity index is 408. The molecule has 0 aromatic heterocycles. The van der Waals surface area contributed by atoms with Gasteiger partial charge < -0.3 is 10.2 Å². The average molecular weight is 289 g/mol. The lowest BCUT2D eigenvalue weighted by Gasteiger charge is -2.32. The van der Waals surface area contributed by atoms with Crippen LogP contribution in [0.5, 0.6) is 0 Å². The summed E-state index contributed by atoms with van der Waals surface area (Å²) >= 11 is 6.11. The van der Waals surface area contributed by atoms with Gasteiger partial charge >= 0.3 is 0 Å². The van der Waals surface area contributed by atoms with Gasteiger partial charge in [0, 0.05) is 31.2 Å². The standard InChI is InChI=1S/C13H17ClN2O.ClH/c1-2-16(13(17)11-7-15-8-11)9-10-5-3-4-6-12(10)14;/h3-6,11,15H,2,7-9H2,1H3;1H. The van der Waals surface area contributed by atoms with E-state index in [2.05, 4.69) is 5.32 Å². The van der Waals surface area contributed by atoms with Crippen molar-refractivity contribution in [2.24, 2.45) is 5.92 Å². The lowest BCUT2D eigenvalue weighted by molar-refractivity contribution is -0.137. The molecule has 0 unspecified atom stereocenters. The van der Waals surface area contributed by atoms with Crippen LogP contribution in [-0.4, -0.2) is 30.4 Å². The normalized spacial score (nSPS) is 14.6. The second-order valence-electron chi connectivity index (χ2n) is 4.30. The van der Waals surface area contributed by atoms with E-state index in [9.17, 15) is 4.79 Å². The summed E-state index contributed by atoms with van der Waals surface area (Å²) in [5.41, 5.74) is 1.01. The maximum Gasteiger partial charge on any atom is 0.228 e. The Morgan fingerprint density at radius 3 is 2.61 bits per heavy atom. The highest BCUT2D eigenvalue weighted by molar-refractivity contribution is 6.31. The highest BCUT2D eigenvalue weighted by Crippen LogP contribution is 2.18. The Labute approximate surface area is 119 Å². The highest BCUT2D eigenvalue weighted by Gasteiger charge is 2.28. The molecule has 0 spiro atoms. The van der Waals surface area contributed by atoms with Gasteiger partial charge in [-0.05, 0) is 18.6 Å². The van der Waals surface area contributed by atoms with Crippen LogP contribution in [0, 0.1) is 5.92 Å². The molecule has 0 aliphatic carbocycles. The fourth-order valence-electron chi connectivity index (χ4n) is 1.90. The summed E-state index contributed by atoms with van der Waals surface area (Å²) in [6.45, 7) is 4.93. The van der Waals surface area contributed by atoms with Crippen molar-refractivity contribution in [3.05, 3.63) is 34.9 Å². The van der Waals surface area contributed by atoms with Crippen molar-refractivity contribution in [3.8, 4) is 0 Å². The van der Waals surface area contributed by atoms with Gasteiger partial charge in [0.1, 0.15) is 0 Å². The molecule has 1 aliphatic rings. The average Bonchev–Trinajstić information content (AvgIpc) is 2.25. The van der Waals surface area contributed by atoms with Crippen LogP contribution in [0.1, 0.15) is 12.5 Å². The van der Waals surface area contributed by atoms with E-state index in [0.717, 1.165) is 30.2 Å². The summed E-state index contributed by atoms with van der Waals surface area (Å²) < 4.78 is 0. The summed E-state index contributed by atoms with van der Waals surface area (Å²) in [5.74, 6) is 0.378. The molecule has 1 aromatic rings. The fraction of sp³-hybridized carbons (Fsp3) is 0.462. The monoisotopic (exact) mass is 288 g/mol. The smallest absolute Gasteiger partial charge is 0.228 e. The Morgan fingerprint density at radius 1 is 1.44 bits per heavy atom. The number of hydrogen-bond acceptors (Lipinski definition) is 2. The molecule has 1 aromatic carbocycles. The van der Waals surface area contributed by atoms with Crippen molar-refractivity contribution in [1.29, 1.82) is 0 Å². The Hall–Kier alpha value is -0.770. The summed E-state index contributed by atoms with van der Waals surface area (Å²) in [6.07, 6.45) is 0. The SMILES string of the molecule is CCN(Cc1ccccc1Cl)C(=O)C1CNC1.Cl. The van der Waals surface area contributed by atoms with Crippen LogP contribution in [0.3, 0.4) is 0 Å². The molecule has 1 heterocycles. The van der Waals surface area contributed by atoms with Crippen molar-refractivity contribution < 1.29 is 4.79 Å². The minimum atomic E-state index is 0. The molecule has 1 fully saturated rings. The van der Waals surface area contributed by atoms with E-state index in [0.29, 0.717) is 6.54 Å². The van der Waals surface area contributed by atoms with Crippen molar-refractivity contribution in [2.75, 3.05) is 19.6 Å². The molecule has 0 radical (unpaired) electrons. The second kappa shape index (κ2) is 6.98. The van der Waals surface area contributed by atoms with Gasteiger partial charge in [-0.2, -0.15) is 0 Å². The lowest BCUT2D eigenvalue weighted by Crippen LogP contribution is -2.51. The molecular formula is C13H18Cl2N2O.